The first kappa shape index (κ1) is 10.6. The number of hydrogen-bond donors (Lipinski definition) is 0. The average molecular weight is 264 g/mol. The number of para-hydroxylation sites is 2. The van der Waals surface area contributed by atoms with Gasteiger partial charge < -0.3 is 4.42 Å². The molecule has 0 unspecified atom stereocenters. The second kappa shape index (κ2) is 4.35. The highest BCUT2D eigenvalue weighted by Crippen LogP contribution is 2.28. The van der Waals surface area contributed by atoms with E-state index in [-0.39, 0.29) is 5.28 Å². The second-order valence-electron chi connectivity index (χ2n) is 3.21. The van der Waals surface area contributed by atoms with E-state index in [2.05, 4.69) is 15.0 Å². The summed E-state index contributed by atoms with van der Waals surface area (Å²) in [4.78, 5) is 12.2. The van der Waals surface area contributed by atoms with Crippen molar-refractivity contribution in [3.05, 3.63) is 41.8 Å². The number of rotatable bonds is 2. The number of oxazole rings is 1. The van der Waals surface area contributed by atoms with Crippen LogP contribution in [0.15, 0.2) is 51.2 Å². The molecule has 0 aliphatic carbocycles. The molecule has 0 aliphatic rings. The molecule has 0 atom stereocenters. The highest BCUT2D eigenvalue weighted by Gasteiger charge is 2.08. The van der Waals surface area contributed by atoms with Gasteiger partial charge in [0, 0.05) is 6.20 Å². The van der Waals surface area contributed by atoms with Crippen LogP contribution in [-0.2, 0) is 0 Å². The number of aromatic nitrogens is 3. The lowest BCUT2D eigenvalue weighted by Gasteiger charge is -1.94. The van der Waals surface area contributed by atoms with Gasteiger partial charge in [0.05, 0.1) is 0 Å². The van der Waals surface area contributed by atoms with Crippen molar-refractivity contribution in [1.82, 2.24) is 15.0 Å². The lowest BCUT2D eigenvalue weighted by atomic mass is 10.3. The molecule has 0 saturated carbocycles. The number of halogens is 1. The summed E-state index contributed by atoms with van der Waals surface area (Å²) in [6.07, 6.45) is 1.60. The van der Waals surface area contributed by atoms with Crippen molar-refractivity contribution in [3.63, 3.8) is 0 Å². The van der Waals surface area contributed by atoms with Gasteiger partial charge in [0.1, 0.15) is 10.5 Å². The predicted molar refractivity (Wildman–Crippen MR) is 65.2 cm³/mol. The summed E-state index contributed by atoms with van der Waals surface area (Å²) in [5.41, 5.74) is 1.59. The smallest absolute Gasteiger partial charge is 0.263 e. The normalized spacial score (nSPS) is 10.9. The van der Waals surface area contributed by atoms with Gasteiger partial charge in [0.2, 0.25) is 5.28 Å². The summed E-state index contributed by atoms with van der Waals surface area (Å²) >= 11 is 7.02. The van der Waals surface area contributed by atoms with E-state index in [1.54, 1.807) is 12.3 Å². The van der Waals surface area contributed by atoms with E-state index in [4.69, 9.17) is 16.0 Å². The molecule has 0 aliphatic heterocycles. The van der Waals surface area contributed by atoms with Crippen LogP contribution in [0.4, 0.5) is 0 Å². The standard InChI is InChI=1S/C11H6ClN3OS/c12-10-13-6-5-9(15-10)17-11-14-7-3-1-2-4-8(7)16-11/h1-6H. The fraction of sp³-hybridized carbons (Fsp3) is 0. The van der Waals surface area contributed by atoms with Crippen molar-refractivity contribution >= 4 is 34.5 Å². The highest BCUT2D eigenvalue weighted by molar-refractivity contribution is 7.99. The van der Waals surface area contributed by atoms with Gasteiger partial charge in [0.15, 0.2) is 5.58 Å². The zero-order valence-corrected chi connectivity index (χ0v) is 10.1. The molecular weight excluding hydrogens is 258 g/mol. The van der Waals surface area contributed by atoms with Crippen LogP contribution in [0.5, 0.6) is 0 Å². The Kier molecular flexibility index (Phi) is 2.70. The Hall–Kier alpha value is -1.59. The Bertz CT molecular complexity index is 637. The molecule has 0 amide bonds. The Morgan fingerprint density at radius 1 is 1.12 bits per heavy atom. The molecule has 3 rings (SSSR count). The lowest BCUT2D eigenvalue weighted by Crippen LogP contribution is -1.83. The van der Waals surface area contributed by atoms with E-state index >= 15 is 0 Å². The fourth-order valence-corrected chi connectivity index (χ4v) is 2.27. The predicted octanol–water partition coefficient (Wildman–Crippen LogP) is 3.42. The molecular formula is C11H6ClN3OS. The molecule has 3 aromatic rings. The van der Waals surface area contributed by atoms with Crippen LogP contribution >= 0.6 is 23.4 Å². The van der Waals surface area contributed by atoms with Gasteiger partial charge in [-0.2, -0.15) is 0 Å². The van der Waals surface area contributed by atoms with Crippen molar-refractivity contribution < 1.29 is 4.42 Å². The summed E-state index contributed by atoms with van der Waals surface area (Å²) in [5, 5.41) is 1.46. The molecule has 17 heavy (non-hydrogen) atoms. The van der Waals surface area contributed by atoms with Crippen LogP contribution in [0, 0.1) is 0 Å². The zero-order valence-electron chi connectivity index (χ0n) is 8.50. The number of hydrogen-bond acceptors (Lipinski definition) is 5. The van der Waals surface area contributed by atoms with Crippen LogP contribution in [0.25, 0.3) is 11.1 Å². The molecule has 4 nitrogen and oxygen atoms in total. The van der Waals surface area contributed by atoms with Gasteiger partial charge in [-0.3, -0.25) is 0 Å². The highest BCUT2D eigenvalue weighted by atomic mass is 35.5. The van der Waals surface area contributed by atoms with Crippen LogP contribution in [-0.4, -0.2) is 15.0 Å². The maximum absolute atomic E-state index is 5.70. The number of benzene rings is 1. The van der Waals surface area contributed by atoms with Crippen molar-refractivity contribution in [2.24, 2.45) is 0 Å². The molecule has 0 fully saturated rings. The Labute approximate surface area is 106 Å². The minimum Gasteiger partial charge on any atom is -0.431 e. The maximum Gasteiger partial charge on any atom is 0.263 e. The van der Waals surface area contributed by atoms with Crippen molar-refractivity contribution in [3.8, 4) is 0 Å². The van der Waals surface area contributed by atoms with E-state index < -0.39 is 0 Å². The molecule has 0 bridgehead atoms. The maximum atomic E-state index is 5.70. The summed E-state index contributed by atoms with van der Waals surface area (Å²) in [5.74, 6) is 0. The lowest BCUT2D eigenvalue weighted by molar-refractivity contribution is 0.489. The monoisotopic (exact) mass is 263 g/mol. The summed E-state index contributed by atoms with van der Waals surface area (Å²) in [6, 6.07) is 9.35. The topological polar surface area (TPSA) is 51.8 Å². The molecule has 2 aromatic heterocycles. The molecule has 1 aromatic carbocycles. The van der Waals surface area contributed by atoms with Gasteiger partial charge in [0.25, 0.3) is 5.22 Å². The van der Waals surface area contributed by atoms with Gasteiger partial charge in [-0.15, -0.1) is 0 Å². The molecule has 84 valence electrons. The Morgan fingerprint density at radius 2 is 2.00 bits per heavy atom. The summed E-state index contributed by atoms with van der Waals surface area (Å²) in [7, 11) is 0. The van der Waals surface area contributed by atoms with E-state index in [1.165, 1.54) is 11.8 Å². The quantitative estimate of drug-likeness (QED) is 0.524. The molecule has 0 N–H and O–H groups in total. The van der Waals surface area contributed by atoms with E-state index in [1.807, 2.05) is 24.3 Å². The first-order valence-electron chi connectivity index (χ1n) is 4.83. The van der Waals surface area contributed by atoms with E-state index in [0.29, 0.717) is 10.2 Å². The third kappa shape index (κ3) is 2.25. The van der Waals surface area contributed by atoms with Crippen molar-refractivity contribution in [2.45, 2.75) is 10.2 Å². The van der Waals surface area contributed by atoms with Crippen molar-refractivity contribution in [2.75, 3.05) is 0 Å². The molecule has 0 spiro atoms. The first-order chi connectivity index (χ1) is 8.31. The molecule has 0 radical (unpaired) electrons. The minimum atomic E-state index is 0.214. The van der Waals surface area contributed by atoms with Gasteiger partial charge >= 0.3 is 0 Å². The SMILES string of the molecule is Clc1nccc(Sc2nc3ccccc3o2)n1. The van der Waals surface area contributed by atoms with Crippen LogP contribution in [0.3, 0.4) is 0 Å². The molecule has 0 saturated heterocycles. The van der Waals surface area contributed by atoms with Crippen LogP contribution in [0.2, 0.25) is 5.28 Å². The summed E-state index contributed by atoms with van der Waals surface area (Å²) in [6.45, 7) is 0. The van der Waals surface area contributed by atoms with Gasteiger partial charge in [-0.25, -0.2) is 15.0 Å². The van der Waals surface area contributed by atoms with E-state index in [9.17, 15) is 0 Å². The average Bonchev–Trinajstić information content (AvgIpc) is 2.71. The Balaban J connectivity index is 1.94. The molecule has 2 heterocycles. The third-order valence-corrected chi connectivity index (χ3v) is 3.03. The zero-order chi connectivity index (χ0) is 11.7. The second-order valence-corrected chi connectivity index (χ2v) is 4.52. The fourth-order valence-electron chi connectivity index (χ4n) is 1.36. The largest absolute Gasteiger partial charge is 0.431 e. The summed E-state index contributed by atoms with van der Waals surface area (Å²) < 4.78 is 5.56. The third-order valence-electron chi connectivity index (χ3n) is 2.07. The van der Waals surface area contributed by atoms with Gasteiger partial charge in [-0.1, -0.05) is 12.1 Å². The first-order valence-corrected chi connectivity index (χ1v) is 6.03. The van der Waals surface area contributed by atoms with E-state index in [0.717, 1.165) is 11.1 Å². The minimum absolute atomic E-state index is 0.214. The Morgan fingerprint density at radius 3 is 2.82 bits per heavy atom. The molecule has 6 heteroatoms. The van der Waals surface area contributed by atoms with Crippen LogP contribution < -0.4 is 0 Å². The van der Waals surface area contributed by atoms with Crippen molar-refractivity contribution in [1.29, 1.82) is 0 Å². The van der Waals surface area contributed by atoms with Gasteiger partial charge in [-0.05, 0) is 41.6 Å². The number of fused-ring (bicyclic) bond motifs is 1. The van der Waals surface area contributed by atoms with Crippen LogP contribution in [0.1, 0.15) is 0 Å². The number of nitrogens with zero attached hydrogens (tertiary/aromatic N) is 3.